The zero-order chi connectivity index (χ0) is 10.7. The molecule has 1 N–H and O–H groups in total. The molecule has 14 heavy (non-hydrogen) atoms. The van der Waals surface area contributed by atoms with Gasteiger partial charge in [-0.1, -0.05) is 22.5 Å². The molecule has 0 fully saturated rings. The van der Waals surface area contributed by atoms with E-state index >= 15 is 0 Å². The summed E-state index contributed by atoms with van der Waals surface area (Å²) in [6.07, 6.45) is 0. The van der Waals surface area contributed by atoms with Gasteiger partial charge in [-0.05, 0) is 34.5 Å². The molecule has 1 rings (SSSR count). The van der Waals surface area contributed by atoms with Gasteiger partial charge >= 0.3 is 0 Å². The summed E-state index contributed by atoms with van der Waals surface area (Å²) < 4.78 is 1.76. The highest BCUT2D eigenvalue weighted by Gasteiger charge is 2.10. The standard InChI is InChI=1S/C9H9Br2NOS/c1-5-3-7(14-8(5)11)9(13)12-4-6(2)10/h3H,2,4H2,1H3,(H,12,13). The summed E-state index contributed by atoms with van der Waals surface area (Å²) >= 11 is 7.99. The highest BCUT2D eigenvalue weighted by Crippen LogP contribution is 2.27. The van der Waals surface area contributed by atoms with Crippen molar-refractivity contribution >= 4 is 49.1 Å². The third-order valence-corrected chi connectivity index (χ3v) is 3.94. The fourth-order valence-electron chi connectivity index (χ4n) is 0.835. The SMILES string of the molecule is C=C(Br)CNC(=O)c1cc(C)c(Br)s1. The van der Waals surface area contributed by atoms with Gasteiger partial charge in [-0.15, -0.1) is 11.3 Å². The maximum Gasteiger partial charge on any atom is 0.261 e. The Morgan fingerprint density at radius 2 is 2.36 bits per heavy atom. The molecule has 0 radical (unpaired) electrons. The Bertz CT molecular complexity index is 353. The molecule has 5 heteroatoms. The van der Waals surface area contributed by atoms with Crippen molar-refractivity contribution in [3.63, 3.8) is 0 Å². The quantitative estimate of drug-likeness (QED) is 0.898. The van der Waals surface area contributed by atoms with Crippen molar-refractivity contribution < 1.29 is 4.79 Å². The Labute approximate surface area is 104 Å². The lowest BCUT2D eigenvalue weighted by atomic mass is 10.3. The smallest absolute Gasteiger partial charge is 0.261 e. The molecule has 0 spiro atoms. The van der Waals surface area contributed by atoms with Crippen LogP contribution in [0, 0.1) is 6.92 Å². The summed E-state index contributed by atoms with van der Waals surface area (Å²) in [5.74, 6) is -0.0654. The summed E-state index contributed by atoms with van der Waals surface area (Å²) in [5, 5.41) is 2.74. The fourth-order valence-corrected chi connectivity index (χ4v) is 2.43. The molecule has 1 amide bonds. The molecular formula is C9H9Br2NOS. The molecular weight excluding hydrogens is 330 g/mol. The molecule has 0 aliphatic carbocycles. The van der Waals surface area contributed by atoms with E-state index < -0.39 is 0 Å². The zero-order valence-electron chi connectivity index (χ0n) is 7.56. The maximum absolute atomic E-state index is 11.5. The average molecular weight is 339 g/mol. The number of thiophene rings is 1. The number of rotatable bonds is 3. The molecule has 0 aliphatic heterocycles. The van der Waals surface area contributed by atoms with Crippen LogP contribution in [0.1, 0.15) is 15.2 Å². The fraction of sp³-hybridized carbons (Fsp3) is 0.222. The van der Waals surface area contributed by atoms with Crippen molar-refractivity contribution in [2.45, 2.75) is 6.92 Å². The van der Waals surface area contributed by atoms with Gasteiger partial charge in [-0.2, -0.15) is 0 Å². The predicted molar refractivity (Wildman–Crippen MR) is 67.2 cm³/mol. The molecule has 0 aliphatic rings. The Morgan fingerprint density at radius 1 is 1.71 bits per heavy atom. The molecule has 0 saturated carbocycles. The number of amides is 1. The predicted octanol–water partition coefficient (Wildman–Crippen LogP) is 3.46. The van der Waals surface area contributed by atoms with Gasteiger partial charge in [0.2, 0.25) is 0 Å². The van der Waals surface area contributed by atoms with E-state index in [2.05, 4.69) is 43.8 Å². The van der Waals surface area contributed by atoms with Gasteiger partial charge in [0.25, 0.3) is 5.91 Å². The van der Waals surface area contributed by atoms with Gasteiger partial charge in [-0.3, -0.25) is 4.79 Å². The molecule has 2 nitrogen and oxygen atoms in total. The van der Waals surface area contributed by atoms with Gasteiger partial charge in [0, 0.05) is 11.0 Å². The minimum absolute atomic E-state index is 0.0654. The zero-order valence-corrected chi connectivity index (χ0v) is 11.6. The Balaban J connectivity index is 2.65. The van der Waals surface area contributed by atoms with Crippen LogP contribution in [0.4, 0.5) is 0 Å². The molecule has 1 aromatic heterocycles. The lowest BCUT2D eigenvalue weighted by Gasteiger charge is -2.00. The first-order chi connectivity index (χ1) is 6.50. The van der Waals surface area contributed by atoms with Crippen LogP contribution in [0.15, 0.2) is 20.9 Å². The molecule has 1 aromatic rings. The van der Waals surface area contributed by atoms with Crippen LogP contribution in [0.2, 0.25) is 0 Å². The summed E-state index contributed by atoms with van der Waals surface area (Å²) in [5.41, 5.74) is 1.08. The van der Waals surface area contributed by atoms with E-state index in [1.54, 1.807) is 0 Å². The molecule has 0 unspecified atom stereocenters. The minimum atomic E-state index is -0.0654. The highest BCUT2D eigenvalue weighted by atomic mass is 79.9. The summed E-state index contributed by atoms with van der Waals surface area (Å²) in [6.45, 7) is 6.05. The van der Waals surface area contributed by atoms with Crippen LogP contribution in [-0.2, 0) is 0 Å². The van der Waals surface area contributed by atoms with E-state index in [9.17, 15) is 4.79 Å². The van der Waals surface area contributed by atoms with E-state index in [0.29, 0.717) is 11.4 Å². The number of halogens is 2. The van der Waals surface area contributed by atoms with Crippen LogP contribution in [0.25, 0.3) is 0 Å². The van der Waals surface area contributed by atoms with Gasteiger partial charge in [0.15, 0.2) is 0 Å². The number of carbonyl (C=O) groups is 1. The normalized spacial score (nSPS) is 9.93. The van der Waals surface area contributed by atoms with Crippen LogP contribution in [0.5, 0.6) is 0 Å². The molecule has 1 heterocycles. The van der Waals surface area contributed by atoms with Crippen LogP contribution < -0.4 is 5.32 Å². The summed E-state index contributed by atoms with van der Waals surface area (Å²) in [7, 11) is 0. The molecule has 0 bridgehead atoms. The van der Waals surface area contributed by atoms with Crippen molar-refractivity contribution in [1.29, 1.82) is 0 Å². The first-order valence-corrected chi connectivity index (χ1v) is 6.28. The molecule has 76 valence electrons. The van der Waals surface area contributed by atoms with Crippen molar-refractivity contribution in [3.8, 4) is 0 Å². The molecule has 0 aromatic carbocycles. The second-order valence-corrected chi connectivity index (χ2v) is 6.26. The number of nitrogens with one attached hydrogen (secondary N) is 1. The topological polar surface area (TPSA) is 29.1 Å². The number of carbonyl (C=O) groups excluding carboxylic acids is 1. The van der Waals surface area contributed by atoms with E-state index in [0.717, 1.165) is 13.8 Å². The first kappa shape index (κ1) is 11.9. The Hall–Kier alpha value is -0.130. The monoisotopic (exact) mass is 337 g/mol. The Kier molecular flexibility index (Phi) is 4.34. The van der Waals surface area contributed by atoms with Crippen LogP contribution in [0.3, 0.4) is 0 Å². The van der Waals surface area contributed by atoms with Crippen LogP contribution >= 0.6 is 43.2 Å². The first-order valence-electron chi connectivity index (χ1n) is 3.88. The van der Waals surface area contributed by atoms with E-state index in [-0.39, 0.29) is 5.91 Å². The largest absolute Gasteiger partial charge is 0.347 e. The molecule has 0 atom stereocenters. The van der Waals surface area contributed by atoms with Crippen LogP contribution in [-0.4, -0.2) is 12.5 Å². The van der Waals surface area contributed by atoms with E-state index in [1.165, 1.54) is 11.3 Å². The second-order valence-electron chi connectivity index (χ2n) is 2.77. The maximum atomic E-state index is 11.5. The Morgan fingerprint density at radius 3 is 2.79 bits per heavy atom. The third-order valence-electron chi connectivity index (χ3n) is 1.52. The average Bonchev–Trinajstić information content (AvgIpc) is 2.43. The van der Waals surface area contributed by atoms with Crippen molar-refractivity contribution in [2.24, 2.45) is 0 Å². The highest BCUT2D eigenvalue weighted by molar-refractivity contribution is 9.11. The van der Waals surface area contributed by atoms with Crippen molar-refractivity contribution in [1.82, 2.24) is 5.32 Å². The lowest BCUT2D eigenvalue weighted by Crippen LogP contribution is -2.23. The van der Waals surface area contributed by atoms with Gasteiger partial charge < -0.3 is 5.32 Å². The lowest BCUT2D eigenvalue weighted by molar-refractivity contribution is 0.0962. The number of hydrogen-bond acceptors (Lipinski definition) is 2. The summed E-state index contributed by atoms with van der Waals surface area (Å²) in [6, 6.07) is 1.86. The van der Waals surface area contributed by atoms with Gasteiger partial charge in [-0.25, -0.2) is 0 Å². The second kappa shape index (κ2) is 5.09. The minimum Gasteiger partial charge on any atom is -0.347 e. The van der Waals surface area contributed by atoms with Gasteiger partial charge in [0.1, 0.15) is 0 Å². The summed E-state index contributed by atoms with van der Waals surface area (Å²) in [4.78, 5) is 12.2. The number of aryl methyl sites for hydroxylation is 1. The molecule has 0 saturated heterocycles. The number of hydrogen-bond donors (Lipinski definition) is 1. The van der Waals surface area contributed by atoms with E-state index in [4.69, 9.17) is 0 Å². The van der Waals surface area contributed by atoms with E-state index in [1.807, 2.05) is 13.0 Å². The van der Waals surface area contributed by atoms with Gasteiger partial charge in [0.05, 0.1) is 8.66 Å². The van der Waals surface area contributed by atoms with Crippen molar-refractivity contribution in [2.75, 3.05) is 6.54 Å². The van der Waals surface area contributed by atoms with Crippen molar-refractivity contribution in [3.05, 3.63) is 31.4 Å². The third kappa shape index (κ3) is 3.22.